The minimum absolute atomic E-state index is 0.219. The van der Waals surface area contributed by atoms with Gasteiger partial charge in [0.2, 0.25) is 0 Å². The molecule has 0 aromatic heterocycles. The number of carbonyl (C=O) groups is 6. The van der Waals surface area contributed by atoms with Crippen LogP contribution in [-0.4, -0.2) is 53.7 Å². The van der Waals surface area contributed by atoms with Crippen molar-refractivity contribution in [3.63, 3.8) is 0 Å². The smallest absolute Gasteiger partial charge is 0.338 e. The third kappa shape index (κ3) is 6.90. The fraction of sp³-hybridized carbons (Fsp3) is 0.290. The molecule has 0 saturated heterocycles. The van der Waals surface area contributed by atoms with Gasteiger partial charge < -0.3 is 9.47 Å². The Labute approximate surface area is 237 Å². The van der Waals surface area contributed by atoms with E-state index in [1.165, 1.54) is 48.6 Å². The Kier molecular flexibility index (Phi) is 8.73. The SMILES string of the molecule is CC(OCCCCC(C)(C)OC(=O)c1ccc(N2C(=O)C=CC2=O)cc1)C(=O)c1ccc(N2C(=O)C=CC2=O)cc1. The lowest BCUT2D eigenvalue weighted by Gasteiger charge is -2.25. The molecule has 1 unspecified atom stereocenters. The van der Waals surface area contributed by atoms with Gasteiger partial charge in [0, 0.05) is 36.5 Å². The number of ether oxygens (including phenoxy) is 2. The van der Waals surface area contributed by atoms with Gasteiger partial charge in [0.1, 0.15) is 11.7 Å². The highest BCUT2D eigenvalue weighted by molar-refractivity contribution is 6.28. The molecule has 1 atom stereocenters. The molecule has 10 nitrogen and oxygen atoms in total. The van der Waals surface area contributed by atoms with Crippen molar-refractivity contribution in [2.75, 3.05) is 16.4 Å². The first-order valence-electron chi connectivity index (χ1n) is 13.2. The van der Waals surface area contributed by atoms with Gasteiger partial charge in [0.05, 0.1) is 16.9 Å². The number of anilines is 2. The highest BCUT2D eigenvalue weighted by Gasteiger charge is 2.28. The van der Waals surface area contributed by atoms with Crippen LogP contribution in [0.3, 0.4) is 0 Å². The van der Waals surface area contributed by atoms with Gasteiger partial charge in [-0.15, -0.1) is 0 Å². The van der Waals surface area contributed by atoms with Crippen LogP contribution in [-0.2, 0) is 28.7 Å². The van der Waals surface area contributed by atoms with Crippen molar-refractivity contribution in [3.8, 4) is 0 Å². The lowest BCUT2D eigenvalue weighted by Crippen LogP contribution is -2.30. The minimum atomic E-state index is -0.753. The maximum absolute atomic E-state index is 12.7. The summed E-state index contributed by atoms with van der Waals surface area (Å²) in [4.78, 5) is 74.7. The van der Waals surface area contributed by atoms with Gasteiger partial charge in [-0.3, -0.25) is 24.0 Å². The van der Waals surface area contributed by atoms with E-state index in [-0.39, 0.29) is 5.78 Å². The van der Waals surface area contributed by atoms with Crippen LogP contribution >= 0.6 is 0 Å². The first kappa shape index (κ1) is 29.3. The number of rotatable bonds is 12. The molecule has 2 aliphatic rings. The van der Waals surface area contributed by atoms with E-state index in [9.17, 15) is 28.8 Å². The quantitative estimate of drug-likeness (QED) is 0.166. The van der Waals surface area contributed by atoms with Gasteiger partial charge in [0.25, 0.3) is 23.6 Å². The maximum Gasteiger partial charge on any atom is 0.338 e. The molecule has 2 aromatic carbocycles. The monoisotopic (exact) mass is 558 g/mol. The molecule has 41 heavy (non-hydrogen) atoms. The molecule has 2 aliphatic heterocycles. The largest absolute Gasteiger partial charge is 0.456 e. The summed E-state index contributed by atoms with van der Waals surface area (Å²) in [6, 6.07) is 12.3. The average Bonchev–Trinajstić information content (AvgIpc) is 3.46. The van der Waals surface area contributed by atoms with Crippen LogP contribution in [0.25, 0.3) is 0 Å². The highest BCUT2D eigenvalue weighted by atomic mass is 16.6. The molecule has 0 radical (unpaired) electrons. The molecule has 0 saturated carbocycles. The molecule has 4 rings (SSSR count). The van der Waals surface area contributed by atoms with Gasteiger partial charge in [-0.05, 0) is 88.6 Å². The Morgan fingerprint density at radius 3 is 1.61 bits per heavy atom. The Balaban J connectivity index is 1.18. The summed E-state index contributed by atoms with van der Waals surface area (Å²) < 4.78 is 11.4. The maximum atomic E-state index is 12.7. The van der Waals surface area contributed by atoms with Crippen LogP contribution in [0.2, 0.25) is 0 Å². The summed E-state index contributed by atoms with van der Waals surface area (Å²) in [5, 5.41) is 0. The van der Waals surface area contributed by atoms with Crippen molar-refractivity contribution in [3.05, 3.63) is 84.0 Å². The molecule has 0 spiro atoms. The zero-order valence-corrected chi connectivity index (χ0v) is 23.0. The Morgan fingerprint density at radius 1 is 0.707 bits per heavy atom. The summed E-state index contributed by atoms with van der Waals surface area (Å²) in [5.41, 5.74) is 0.718. The molecule has 0 N–H and O–H groups in total. The zero-order valence-electron chi connectivity index (χ0n) is 23.0. The van der Waals surface area contributed by atoms with Gasteiger partial charge >= 0.3 is 5.97 Å². The third-order valence-electron chi connectivity index (χ3n) is 6.67. The summed E-state index contributed by atoms with van der Waals surface area (Å²) in [6.07, 6.45) is 5.99. The molecule has 212 valence electrons. The first-order chi connectivity index (χ1) is 19.5. The fourth-order valence-corrected chi connectivity index (χ4v) is 4.42. The van der Waals surface area contributed by atoms with Crippen LogP contribution in [0.4, 0.5) is 11.4 Å². The molecular weight excluding hydrogens is 528 g/mol. The summed E-state index contributed by atoms with van der Waals surface area (Å²) in [7, 11) is 0. The Hall–Kier alpha value is -4.70. The van der Waals surface area contributed by atoms with E-state index in [2.05, 4.69) is 0 Å². The number of Topliss-reactive ketones (excluding diaryl/α,β-unsaturated/α-hetero) is 1. The van der Waals surface area contributed by atoms with E-state index in [1.54, 1.807) is 31.2 Å². The highest BCUT2D eigenvalue weighted by Crippen LogP contribution is 2.24. The number of nitrogens with zero attached hydrogens (tertiary/aromatic N) is 2. The predicted octanol–water partition coefficient (Wildman–Crippen LogP) is 3.94. The topological polar surface area (TPSA) is 127 Å². The third-order valence-corrected chi connectivity index (χ3v) is 6.67. The lowest BCUT2D eigenvalue weighted by molar-refractivity contribution is -0.121. The number of esters is 1. The summed E-state index contributed by atoms with van der Waals surface area (Å²) in [6.45, 7) is 5.61. The zero-order chi connectivity index (χ0) is 29.7. The van der Waals surface area contributed by atoms with E-state index in [1.807, 2.05) is 13.8 Å². The van der Waals surface area contributed by atoms with Crippen LogP contribution < -0.4 is 9.80 Å². The molecular formula is C31H30N2O8. The number of ketones is 1. The fourth-order valence-electron chi connectivity index (χ4n) is 4.42. The van der Waals surface area contributed by atoms with Gasteiger partial charge in [0.15, 0.2) is 5.78 Å². The summed E-state index contributed by atoms with van der Waals surface area (Å²) in [5.74, 6) is -2.46. The lowest BCUT2D eigenvalue weighted by atomic mass is 10.0. The van der Waals surface area contributed by atoms with Crippen molar-refractivity contribution >= 4 is 46.8 Å². The van der Waals surface area contributed by atoms with Crippen LogP contribution in [0.1, 0.15) is 60.7 Å². The number of unbranched alkanes of at least 4 members (excludes halogenated alkanes) is 1. The van der Waals surface area contributed by atoms with Gasteiger partial charge in [-0.1, -0.05) is 0 Å². The van der Waals surface area contributed by atoms with E-state index in [0.717, 1.165) is 9.80 Å². The normalized spacial score (nSPS) is 15.7. The van der Waals surface area contributed by atoms with E-state index < -0.39 is 41.3 Å². The standard InChI is InChI=1S/C31H30N2O8/c1-20(29(38)21-6-10-23(11-7-21)32-25(34)14-15-26(32)35)40-19-5-4-18-31(2,3)41-30(39)22-8-12-24(13-9-22)33-27(36)16-17-28(33)37/h6-17,20H,4-5,18-19H2,1-3H3. The molecule has 0 fully saturated rings. The van der Waals surface area contributed by atoms with Gasteiger partial charge in [-0.2, -0.15) is 0 Å². The number of amides is 4. The van der Waals surface area contributed by atoms with E-state index in [0.29, 0.717) is 48.4 Å². The van der Waals surface area contributed by atoms with Gasteiger partial charge in [-0.25, -0.2) is 14.6 Å². The average molecular weight is 559 g/mol. The van der Waals surface area contributed by atoms with E-state index >= 15 is 0 Å². The van der Waals surface area contributed by atoms with Crippen molar-refractivity contribution in [2.45, 2.75) is 51.7 Å². The van der Waals surface area contributed by atoms with Crippen molar-refractivity contribution in [1.82, 2.24) is 0 Å². The molecule has 10 heteroatoms. The number of hydrogen-bond donors (Lipinski definition) is 0. The first-order valence-corrected chi connectivity index (χ1v) is 13.2. The second-order valence-electron chi connectivity index (χ2n) is 10.3. The summed E-state index contributed by atoms with van der Waals surface area (Å²) >= 11 is 0. The minimum Gasteiger partial charge on any atom is -0.456 e. The number of carbonyl (C=O) groups excluding carboxylic acids is 6. The van der Waals surface area contributed by atoms with Crippen LogP contribution in [0.5, 0.6) is 0 Å². The van der Waals surface area contributed by atoms with Crippen LogP contribution in [0.15, 0.2) is 72.8 Å². The molecule has 4 amide bonds. The second-order valence-corrected chi connectivity index (χ2v) is 10.3. The molecule has 2 heterocycles. The molecule has 2 aromatic rings. The second kappa shape index (κ2) is 12.2. The predicted molar refractivity (Wildman–Crippen MR) is 149 cm³/mol. The van der Waals surface area contributed by atoms with Crippen molar-refractivity contribution < 1.29 is 38.2 Å². The van der Waals surface area contributed by atoms with E-state index in [4.69, 9.17) is 9.47 Å². The van der Waals surface area contributed by atoms with Crippen LogP contribution in [0, 0.1) is 0 Å². The molecule has 0 aliphatic carbocycles. The van der Waals surface area contributed by atoms with Crippen molar-refractivity contribution in [2.24, 2.45) is 0 Å². The Bertz CT molecular complexity index is 1400. The number of imide groups is 2. The Morgan fingerprint density at radius 2 is 1.15 bits per heavy atom. The number of hydrogen-bond acceptors (Lipinski definition) is 8. The number of benzene rings is 2. The van der Waals surface area contributed by atoms with Crippen molar-refractivity contribution in [1.29, 1.82) is 0 Å². The molecule has 0 bridgehead atoms.